The van der Waals surface area contributed by atoms with E-state index in [0.29, 0.717) is 6.61 Å². The normalized spacial score (nSPS) is 18.6. The number of hydrogen-bond donors (Lipinski definition) is 1. The van der Waals surface area contributed by atoms with Gasteiger partial charge in [0.15, 0.2) is 5.96 Å². The summed E-state index contributed by atoms with van der Waals surface area (Å²) >= 11 is 0. The van der Waals surface area contributed by atoms with Crippen LogP contribution in [0.5, 0.6) is 0 Å². The number of unbranched alkanes of at least 4 members (excludes halogenated alkanes) is 4. The van der Waals surface area contributed by atoms with Gasteiger partial charge in [0.1, 0.15) is 6.10 Å². The Morgan fingerprint density at radius 3 is 2.77 bits per heavy atom. The van der Waals surface area contributed by atoms with E-state index in [1.54, 1.807) is 0 Å². The molecule has 1 fully saturated rings. The summed E-state index contributed by atoms with van der Waals surface area (Å²) in [6, 6.07) is 0. The van der Waals surface area contributed by atoms with Crippen molar-refractivity contribution in [1.82, 2.24) is 24.9 Å². The van der Waals surface area contributed by atoms with Gasteiger partial charge in [-0.15, -0.1) is 0 Å². The Bertz CT molecular complexity index is 542. The molecule has 1 N–H and O–H groups in total. The minimum atomic E-state index is 0.0627. The van der Waals surface area contributed by atoms with E-state index >= 15 is 0 Å². The van der Waals surface area contributed by atoms with E-state index in [4.69, 9.17) is 4.74 Å². The van der Waals surface area contributed by atoms with Gasteiger partial charge in [-0.2, -0.15) is 5.10 Å². The van der Waals surface area contributed by atoms with Crippen molar-refractivity contribution < 1.29 is 4.74 Å². The number of aryl methyl sites for hydroxylation is 1. The summed E-state index contributed by atoms with van der Waals surface area (Å²) in [6.07, 6.45) is 10.4. The largest absolute Gasteiger partial charge is 0.370 e. The van der Waals surface area contributed by atoms with Crippen LogP contribution in [0.4, 0.5) is 0 Å². The van der Waals surface area contributed by atoms with Crippen LogP contribution in [0.2, 0.25) is 0 Å². The third-order valence-corrected chi connectivity index (χ3v) is 4.74. The van der Waals surface area contributed by atoms with Gasteiger partial charge in [0.25, 0.3) is 0 Å². The molecule has 1 aliphatic rings. The van der Waals surface area contributed by atoms with Gasteiger partial charge in [-0.3, -0.25) is 9.67 Å². The average Bonchev–Trinajstić information content (AvgIpc) is 3.07. The minimum Gasteiger partial charge on any atom is -0.370 e. The Morgan fingerprint density at radius 1 is 1.31 bits per heavy atom. The number of aromatic nitrogens is 2. The summed E-state index contributed by atoms with van der Waals surface area (Å²) in [5, 5.41) is 7.77. The van der Waals surface area contributed by atoms with Gasteiger partial charge >= 0.3 is 0 Å². The Hall–Kier alpha value is -1.60. The fourth-order valence-corrected chi connectivity index (χ4v) is 3.27. The highest BCUT2D eigenvalue weighted by molar-refractivity contribution is 5.80. The number of rotatable bonds is 9. The van der Waals surface area contributed by atoms with Crippen LogP contribution in [0.3, 0.4) is 0 Å². The molecule has 1 unspecified atom stereocenters. The lowest BCUT2D eigenvalue weighted by Gasteiger charge is -2.34. The number of nitrogens with one attached hydrogen (secondary N) is 1. The predicted octanol–water partition coefficient (Wildman–Crippen LogP) is 1.88. The van der Waals surface area contributed by atoms with Gasteiger partial charge in [0.2, 0.25) is 0 Å². The average molecular weight is 365 g/mol. The summed E-state index contributed by atoms with van der Waals surface area (Å²) in [6.45, 7) is 4.58. The van der Waals surface area contributed by atoms with Crippen molar-refractivity contribution in [2.24, 2.45) is 12.0 Å². The molecular formula is C19H36N6O. The molecule has 1 aliphatic heterocycles. The highest BCUT2D eigenvalue weighted by Gasteiger charge is 2.24. The zero-order chi connectivity index (χ0) is 18.8. The molecule has 2 heterocycles. The molecule has 0 spiro atoms. The monoisotopic (exact) mass is 364 g/mol. The number of ether oxygens (including phenoxy) is 1. The van der Waals surface area contributed by atoms with Crippen LogP contribution in [0.15, 0.2) is 17.4 Å². The van der Waals surface area contributed by atoms with Crippen molar-refractivity contribution in [1.29, 1.82) is 0 Å². The lowest BCUT2D eigenvalue weighted by atomic mass is 10.1. The standard InChI is InChI=1S/C19H36N6O/c1-20-19(21-10-8-6-5-7-9-11-23(2)3)25-12-13-26-18(16-25)17-14-22-24(4)15-17/h14-15,18H,5-13,16H2,1-4H3,(H,20,21). The smallest absolute Gasteiger partial charge is 0.193 e. The van der Waals surface area contributed by atoms with Gasteiger partial charge in [-0.05, 0) is 33.5 Å². The van der Waals surface area contributed by atoms with Gasteiger partial charge < -0.3 is 19.9 Å². The number of hydrogen-bond acceptors (Lipinski definition) is 4. The molecule has 2 rings (SSSR count). The third kappa shape index (κ3) is 6.96. The molecule has 0 saturated carbocycles. The summed E-state index contributed by atoms with van der Waals surface area (Å²) in [7, 11) is 8.07. The Kier molecular flexibility index (Phi) is 8.91. The number of guanidine groups is 1. The predicted molar refractivity (Wildman–Crippen MR) is 106 cm³/mol. The van der Waals surface area contributed by atoms with Crippen molar-refractivity contribution in [2.75, 3.05) is 53.9 Å². The van der Waals surface area contributed by atoms with Crippen molar-refractivity contribution in [2.45, 2.75) is 38.2 Å². The first-order valence-corrected chi connectivity index (χ1v) is 9.80. The molecule has 1 saturated heterocycles. The fraction of sp³-hybridized carbons (Fsp3) is 0.789. The molecule has 0 amide bonds. The van der Waals surface area contributed by atoms with E-state index in [0.717, 1.165) is 31.2 Å². The van der Waals surface area contributed by atoms with Crippen LogP contribution in [-0.2, 0) is 11.8 Å². The quantitative estimate of drug-likeness (QED) is 0.412. The van der Waals surface area contributed by atoms with Gasteiger partial charge in [-0.25, -0.2) is 0 Å². The molecule has 0 aliphatic carbocycles. The molecule has 1 atom stereocenters. The van der Waals surface area contributed by atoms with Crippen LogP contribution in [-0.4, -0.2) is 79.5 Å². The number of morpholine rings is 1. The fourth-order valence-electron chi connectivity index (χ4n) is 3.27. The van der Waals surface area contributed by atoms with Crippen LogP contribution in [0.1, 0.15) is 43.8 Å². The summed E-state index contributed by atoms with van der Waals surface area (Å²) in [4.78, 5) is 9.01. The van der Waals surface area contributed by atoms with Crippen molar-refractivity contribution >= 4 is 5.96 Å². The lowest BCUT2D eigenvalue weighted by Crippen LogP contribution is -2.48. The Morgan fingerprint density at radius 2 is 2.08 bits per heavy atom. The summed E-state index contributed by atoms with van der Waals surface area (Å²) in [5.41, 5.74) is 1.13. The van der Waals surface area contributed by atoms with E-state index < -0.39 is 0 Å². The molecular weight excluding hydrogens is 328 g/mol. The van der Waals surface area contributed by atoms with Crippen LogP contribution in [0, 0.1) is 0 Å². The third-order valence-electron chi connectivity index (χ3n) is 4.74. The molecule has 7 heteroatoms. The lowest BCUT2D eigenvalue weighted by molar-refractivity contribution is -0.00802. The van der Waals surface area contributed by atoms with Gasteiger partial charge in [-0.1, -0.05) is 19.3 Å². The Balaban J connectivity index is 1.66. The summed E-state index contributed by atoms with van der Waals surface area (Å²) in [5.74, 6) is 0.981. The molecule has 148 valence electrons. The van der Waals surface area contributed by atoms with E-state index in [1.165, 1.54) is 38.6 Å². The van der Waals surface area contributed by atoms with E-state index in [1.807, 2.05) is 31.2 Å². The highest BCUT2D eigenvalue weighted by atomic mass is 16.5. The molecule has 26 heavy (non-hydrogen) atoms. The Labute approximate surface area is 158 Å². The van der Waals surface area contributed by atoms with Gasteiger partial charge in [0, 0.05) is 38.9 Å². The molecule has 1 aromatic rings. The molecule has 0 bridgehead atoms. The molecule has 1 aromatic heterocycles. The van der Waals surface area contributed by atoms with Crippen LogP contribution >= 0.6 is 0 Å². The highest BCUT2D eigenvalue weighted by Crippen LogP contribution is 2.21. The minimum absolute atomic E-state index is 0.0627. The summed E-state index contributed by atoms with van der Waals surface area (Å²) < 4.78 is 7.74. The molecule has 7 nitrogen and oxygen atoms in total. The maximum absolute atomic E-state index is 5.92. The van der Waals surface area contributed by atoms with Crippen molar-refractivity contribution in [3.63, 3.8) is 0 Å². The zero-order valence-electron chi connectivity index (χ0n) is 16.9. The molecule has 0 radical (unpaired) electrons. The first kappa shape index (κ1) is 20.7. The van der Waals surface area contributed by atoms with E-state index in [9.17, 15) is 0 Å². The first-order valence-electron chi connectivity index (χ1n) is 9.80. The molecule has 0 aromatic carbocycles. The second-order valence-electron chi connectivity index (χ2n) is 7.30. The number of nitrogens with zero attached hydrogens (tertiary/aromatic N) is 5. The van der Waals surface area contributed by atoms with E-state index in [-0.39, 0.29) is 6.10 Å². The second-order valence-corrected chi connectivity index (χ2v) is 7.30. The van der Waals surface area contributed by atoms with Crippen LogP contribution in [0.25, 0.3) is 0 Å². The first-order chi connectivity index (χ1) is 12.6. The topological polar surface area (TPSA) is 57.9 Å². The zero-order valence-corrected chi connectivity index (χ0v) is 16.9. The maximum Gasteiger partial charge on any atom is 0.193 e. The van der Waals surface area contributed by atoms with Crippen molar-refractivity contribution in [3.8, 4) is 0 Å². The second kappa shape index (κ2) is 11.2. The SMILES string of the molecule is CN=C(NCCCCCCCN(C)C)N1CCOC(c2cnn(C)c2)C1. The maximum atomic E-state index is 5.92. The van der Waals surface area contributed by atoms with Gasteiger partial charge in [0.05, 0.1) is 19.3 Å². The van der Waals surface area contributed by atoms with Crippen molar-refractivity contribution in [3.05, 3.63) is 18.0 Å². The number of aliphatic imine (C=N–C) groups is 1. The van der Waals surface area contributed by atoms with Crippen LogP contribution < -0.4 is 5.32 Å². The van der Waals surface area contributed by atoms with E-state index in [2.05, 4.69) is 39.3 Å².